The van der Waals surface area contributed by atoms with Crippen molar-refractivity contribution >= 4 is 0 Å². The van der Waals surface area contributed by atoms with Crippen LogP contribution in [0.4, 0.5) is 0 Å². The molecule has 3 rings (SSSR count). The van der Waals surface area contributed by atoms with E-state index in [0.717, 1.165) is 24.2 Å². The Morgan fingerprint density at radius 1 is 1.13 bits per heavy atom. The minimum atomic E-state index is -0.352. The highest BCUT2D eigenvalue weighted by Crippen LogP contribution is 2.34. The number of para-hydroxylation sites is 1. The predicted molar refractivity (Wildman–Crippen MR) is 91.2 cm³/mol. The Morgan fingerprint density at radius 2 is 1.96 bits per heavy atom. The largest absolute Gasteiger partial charge is 0.491 e. The summed E-state index contributed by atoms with van der Waals surface area (Å²) in [6.07, 6.45) is 7.27. The SMILES string of the molecule is C#CC(OCCOc1ccccc1)c1cccc2c1CCC2N. The maximum atomic E-state index is 6.13. The molecule has 23 heavy (non-hydrogen) atoms. The van der Waals surface area contributed by atoms with Crippen molar-refractivity contribution in [1.82, 2.24) is 0 Å². The molecule has 0 aromatic heterocycles. The van der Waals surface area contributed by atoms with E-state index in [2.05, 4.69) is 12.0 Å². The molecule has 118 valence electrons. The summed E-state index contributed by atoms with van der Waals surface area (Å²) in [5, 5.41) is 0. The van der Waals surface area contributed by atoms with Gasteiger partial charge in [-0.25, -0.2) is 0 Å². The third kappa shape index (κ3) is 3.56. The summed E-state index contributed by atoms with van der Waals surface area (Å²) < 4.78 is 11.5. The van der Waals surface area contributed by atoms with Crippen LogP contribution < -0.4 is 10.5 Å². The van der Waals surface area contributed by atoms with Crippen molar-refractivity contribution in [3.63, 3.8) is 0 Å². The van der Waals surface area contributed by atoms with Crippen LogP contribution >= 0.6 is 0 Å². The van der Waals surface area contributed by atoms with Crippen molar-refractivity contribution in [2.24, 2.45) is 5.73 Å². The molecule has 3 heteroatoms. The summed E-state index contributed by atoms with van der Waals surface area (Å²) in [4.78, 5) is 0. The molecule has 0 heterocycles. The molecule has 0 bridgehead atoms. The van der Waals surface area contributed by atoms with E-state index < -0.39 is 0 Å². The topological polar surface area (TPSA) is 44.5 Å². The Hall–Kier alpha value is -2.28. The van der Waals surface area contributed by atoms with Gasteiger partial charge in [-0.15, -0.1) is 6.42 Å². The number of benzene rings is 2. The highest BCUT2D eigenvalue weighted by atomic mass is 16.5. The second kappa shape index (κ2) is 7.32. The Labute approximate surface area is 137 Å². The lowest BCUT2D eigenvalue weighted by Crippen LogP contribution is -2.12. The Kier molecular flexibility index (Phi) is 4.97. The maximum absolute atomic E-state index is 6.13. The smallest absolute Gasteiger partial charge is 0.143 e. The fraction of sp³-hybridized carbons (Fsp3) is 0.300. The van der Waals surface area contributed by atoms with Crippen LogP contribution in [0.2, 0.25) is 0 Å². The molecule has 0 spiro atoms. The molecule has 3 nitrogen and oxygen atoms in total. The van der Waals surface area contributed by atoms with E-state index in [1.165, 1.54) is 11.1 Å². The number of rotatable bonds is 6. The molecule has 1 aliphatic rings. The van der Waals surface area contributed by atoms with Crippen LogP contribution in [-0.2, 0) is 11.2 Å². The molecule has 2 aromatic carbocycles. The van der Waals surface area contributed by atoms with Gasteiger partial charge in [0, 0.05) is 6.04 Å². The zero-order chi connectivity index (χ0) is 16.1. The van der Waals surface area contributed by atoms with Crippen molar-refractivity contribution in [1.29, 1.82) is 0 Å². The maximum Gasteiger partial charge on any atom is 0.143 e. The van der Waals surface area contributed by atoms with Crippen LogP contribution in [0, 0.1) is 12.3 Å². The number of hydrogen-bond acceptors (Lipinski definition) is 3. The summed E-state index contributed by atoms with van der Waals surface area (Å²) >= 11 is 0. The minimum Gasteiger partial charge on any atom is -0.491 e. The van der Waals surface area contributed by atoms with Crippen LogP contribution in [0.3, 0.4) is 0 Å². The zero-order valence-corrected chi connectivity index (χ0v) is 13.1. The molecule has 0 saturated heterocycles. The second-order valence-electron chi connectivity index (χ2n) is 5.64. The lowest BCUT2D eigenvalue weighted by molar-refractivity contribution is 0.0652. The van der Waals surface area contributed by atoms with E-state index in [9.17, 15) is 0 Å². The van der Waals surface area contributed by atoms with Crippen LogP contribution in [0.25, 0.3) is 0 Å². The van der Waals surface area contributed by atoms with Crippen molar-refractivity contribution in [3.05, 3.63) is 65.2 Å². The van der Waals surface area contributed by atoms with E-state index in [4.69, 9.17) is 21.6 Å². The lowest BCUT2D eigenvalue weighted by atomic mass is 9.98. The first-order valence-electron chi connectivity index (χ1n) is 7.92. The monoisotopic (exact) mass is 307 g/mol. The molecule has 1 aliphatic carbocycles. The number of terminal acetylenes is 1. The first kappa shape index (κ1) is 15.6. The van der Waals surface area contributed by atoms with Gasteiger partial charge in [-0.2, -0.15) is 0 Å². The molecule has 2 unspecified atom stereocenters. The van der Waals surface area contributed by atoms with Gasteiger partial charge >= 0.3 is 0 Å². The summed E-state index contributed by atoms with van der Waals surface area (Å²) in [6, 6.07) is 15.9. The Morgan fingerprint density at radius 3 is 2.74 bits per heavy atom. The van der Waals surface area contributed by atoms with Gasteiger partial charge in [-0.05, 0) is 41.7 Å². The Bertz CT molecular complexity index is 691. The summed E-state index contributed by atoms with van der Waals surface area (Å²) in [7, 11) is 0. The predicted octanol–water partition coefficient (Wildman–Crippen LogP) is 3.40. The van der Waals surface area contributed by atoms with Gasteiger partial charge in [-0.1, -0.05) is 42.3 Å². The summed E-state index contributed by atoms with van der Waals surface area (Å²) in [5.41, 5.74) is 9.65. The number of nitrogens with two attached hydrogens (primary N) is 1. The van der Waals surface area contributed by atoms with Gasteiger partial charge in [0.1, 0.15) is 18.5 Å². The lowest BCUT2D eigenvalue weighted by Gasteiger charge is -2.17. The first-order chi connectivity index (χ1) is 11.3. The van der Waals surface area contributed by atoms with Gasteiger partial charge in [-0.3, -0.25) is 0 Å². The number of hydrogen-bond donors (Lipinski definition) is 1. The first-order valence-corrected chi connectivity index (χ1v) is 7.92. The average Bonchev–Trinajstić information content (AvgIpc) is 2.98. The normalized spacial score (nSPS) is 17.3. The molecule has 2 atom stereocenters. The quantitative estimate of drug-likeness (QED) is 0.657. The number of ether oxygens (including phenoxy) is 2. The van der Waals surface area contributed by atoms with E-state index in [-0.39, 0.29) is 12.1 Å². The van der Waals surface area contributed by atoms with Gasteiger partial charge in [0.05, 0.1) is 6.61 Å². The van der Waals surface area contributed by atoms with Crippen molar-refractivity contribution in [3.8, 4) is 18.1 Å². The second-order valence-corrected chi connectivity index (χ2v) is 5.64. The van der Waals surface area contributed by atoms with E-state index >= 15 is 0 Å². The molecular formula is C20H21NO2. The zero-order valence-electron chi connectivity index (χ0n) is 13.1. The van der Waals surface area contributed by atoms with E-state index in [0.29, 0.717) is 13.2 Å². The van der Waals surface area contributed by atoms with E-state index in [1.54, 1.807) is 0 Å². The minimum absolute atomic E-state index is 0.116. The standard InChI is InChI=1S/C20H21NO2/c1-2-20(23-14-13-22-15-7-4-3-5-8-15)18-10-6-9-17-16(18)11-12-19(17)21/h1,3-10,19-20H,11-14,21H2. The third-order valence-corrected chi connectivity index (χ3v) is 4.17. The molecule has 2 N–H and O–H groups in total. The molecule has 0 fully saturated rings. The Balaban J connectivity index is 1.60. The van der Waals surface area contributed by atoms with Gasteiger partial charge in [0.15, 0.2) is 0 Å². The van der Waals surface area contributed by atoms with Crippen LogP contribution in [-0.4, -0.2) is 13.2 Å². The molecule has 0 radical (unpaired) electrons. The molecular weight excluding hydrogens is 286 g/mol. The van der Waals surface area contributed by atoms with Gasteiger partial charge in [0.2, 0.25) is 0 Å². The van der Waals surface area contributed by atoms with Crippen LogP contribution in [0.1, 0.15) is 35.3 Å². The number of fused-ring (bicyclic) bond motifs is 1. The summed E-state index contributed by atoms with van der Waals surface area (Å²) in [6.45, 7) is 0.913. The summed E-state index contributed by atoms with van der Waals surface area (Å²) in [5.74, 6) is 3.58. The average molecular weight is 307 g/mol. The molecule has 0 amide bonds. The highest BCUT2D eigenvalue weighted by molar-refractivity contribution is 5.43. The van der Waals surface area contributed by atoms with Crippen LogP contribution in [0.5, 0.6) is 5.75 Å². The van der Waals surface area contributed by atoms with Crippen molar-refractivity contribution in [2.45, 2.75) is 25.0 Å². The van der Waals surface area contributed by atoms with E-state index in [1.807, 2.05) is 42.5 Å². The van der Waals surface area contributed by atoms with Gasteiger partial charge in [0.25, 0.3) is 0 Å². The molecule has 0 aliphatic heterocycles. The molecule has 0 saturated carbocycles. The fourth-order valence-electron chi connectivity index (χ4n) is 3.03. The van der Waals surface area contributed by atoms with Crippen LogP contribution in [0.15, 0.2) is 48.5 Å². The highest BCUT2D eigenvalue weighted by Gasteiger charge is 2.24. The van der Waals surface area contributed by atoms with Gasteiger partial charge < -0.3 is 15.2 Å². The fourth-order valence-corrected chi connectivity index (χ4v) is 3.03. The van der Waals surface area contributed by atoms with Crippen molar-refractivity contribution < 1.29 is 9.47 Å². The van der Waals surface area contributed by atoms with Crippen molar-refractivity contribution in [2.75, 3.05) is 13.2 Å². The molecule has 2 aromatic rings. The third-order valence-electron chi connectivity index (χ3n) is 4.17.